The molecule has 0 spiro atoms. The maximum absolute atomic E-state index is 12.1. The number of hydrogen-bond acceptors (Lipinski definition) is 8. The van der Waals surface area contributed by atoms with Gasteiger partial charge in [0.15, 0.2) is 5.79 Å². The van der Waals surface area contributed by atoms with Gasteiger partial charge in [-0.15, -0.1) is 0 Å². The van der Waals surface area contributed by atoms with Crippen LogP contribution in [-0.2, 0) is 39.8 Å². The molecule has 0 saturated carbocycles. The highest BCUT2D eigenvalue weighted by atomic mass is 16.8. The van der Waals surface area contributed by atoms with Crippen molar-refractivity contribution in [3.63, 3.8) is 0 Å². The Morgan fingerprint density at radius 2 is 1.75 bits per heavy atom. The molecule has 36 heavy (non-hydrogen) atoms. The van der Waals surface area contributed by atoms with Gasteiger partial charge in [-0.2, -0.15) is 0 Å². The van der Waals surface area contributed by atoms with E-state index in [1.807, 2.05) is 37.3 Å². The number of fused-ring (bicyclic) bond motifs is 2. The molecule has 2 fully saturated rings. The van der Waals surface area contributed by atoms with Gasteiger partial charge in [0.05, 0.1) is 0 Å². The SMILES string of the molecule is C=C(CC[C@@]12CC[C@@](C(=O)O)(O1)[C@](O)(C(=O)O)[C@@H](C(=O)O)O2)[C@@H](OC(C)=O)[C@H](C)Cc1ccccc1. The van der Waals surface area contributed by atoms with Crippen molar-refractivity contribution in [3.05, 3.63) is 48.0 Å². The zero-order valence-corrected chi connectivity index (χ0v) is 20.0. The molecule has 3 rings (SSSR count). The number of carboxylic acid groups (broad SMARTS) is 3. The molecule has 6 atom stereocenters. The second-order valence-electron chi connectivity index (χ2n) is 9.41. The van der Waals surface area contributed by atoms with Crippen molar-refractivity contribution in [1.29, 1.82) is 0 Å². The molecular weight excluding hydrogens is 476 g/mol. The average molecular weight is 507 g/mol. The van der Waals surface area contributed by atoms with E-state index in [2.05, 4.69) is 6.58 Å². The smallest absolute Gasteiger partial charge is 0.342 e. The minimum absolute atomic E-state index is 0.0879. The normalized spacial score (nSPS) is 30.7. The van der Waals surface area contributed by atoms with Crippen LogP contribution in [0, 0.1) is 5.92 Å². The van der Waals surface area contributed by atoms with Gasteiger partial charge >= 0.3 is 23.9 Å². The molecular formula is C25H30O11. The van der Waals surface area contributed by atoms with Crippen molar-refractivity contribution in [2.45, 2.75) is 75.1 Å². The number of carboxylic acids is 3. The van der Waals surface area contributed by atoms with Crippen molar-refractivity contribution < 1.29 is 53.8 Å². The largest absolute Gasteiger partial charge is 0.479 e. The Bertz CT molecular complexity index is 1050. The fourth-order valence-corrected chi connectivity index (χ4v) is 5.08. The second-order valence-corrected chi connectivity index (χ2v) is 9.41. The molecule has 4 N–H and O–H groups in total. The predicted molar refractivity (Wildman–Crippen MR) is 122 cm³/mol. The molecule has 2 aliphatic heterocycles. The lowest BCUT2D eigenvalue weighted by Gasteiger charge is -2.48. The van der Waals surface area contributed by atoms with Crippen LogP contribution in [0.5, 0.6) is 0 Å². The lowest BCUT2D eigenvalue weighted by atomic mass is 9.76. The van der Waals surface area contributed by atoms with E-state index in [0.29, 0.717) is 12.0 Å². The molecule has 1 aromatic carbocycles. The summed E-state index contributed by atoms with van der Waals surface area (Å²) < 4.78 is 16.6. The van der Waals surface area contributed by atoms with E-state index in [9.17, 15) is 39.6 Å². The van der Waals surface area contributed by atoms with Crippen LogP contribution in [0.4, 0.5) is 0 Å². The van der Waals surface area contributed by atoms with Crippen molar-refractivity contribution in [1.82, 2.24) is 0 Å². The fraction of sp³-hybridized carbons (Fsp3) is 0.520. The monoisotopic (exact) mass is 506 g/mol. The van der Waals surface area contributed by atoms with Crippen LogP contribution in [0.25, 0.3) is 0 Å². The number of carbonyl (C=O) groups is 4. The molecule has 0 aromatic heterocycles. The third-order valence-electron chi connectivity index (χ3n) is 6.88. The van der Waals surface area contributed by atoms with Crippen LogP contribution in [0.2, 0.25) is 0 Å². The van der Waals surface area contributed by atoms with E-state index >= 15 is 0 Å². The third-order valence-corrected chi connectivity index (χ3v) is 6.88. The molecule has 0 radical (unpaired) electrons. The molecule has 0 unspecified atom stereocenters. The molecule has 196 valence electrons. The summed E-state index contributed by atoms with van der Waals surface area (Å²) in [5.74, 6) is -8.23. The molecule has 2 heterocycles. The first-order valence-electron chi connectivity index (χ1n) is 11.5. The first-order chi connectivity index (χ1) is 16.8. The molecule has 0 amide bonds. The highest BCUT2D eigenvalue weighted by Crippen LogP contribution is 2.54. The van der Waals surface area contributed by atoms with E-state index in [0.717, 1.165) is 5.56 Å². The summed E-state index contributed by atoms with van der Waals surface area (Å²) in [7, 11) is 0. The minimum atomic E-state index is -3.36. The van der Waals surface area contributed by atoms with Crippen LogP contribution >= 0.6 is 0 Å². The van der Waals surface area contributed by atoms with Crippen LogP contribution < -0.4 is 0 Å². The first-order valence-corrected chi connectivity index (χ1v) is 11.5. The lowest BCUT2D eigenvalue weighted by molar-refractivity contribution is -0.362. The van der Waals surface area contributed by atoms with Gasteiger partial charge in [0.25, 0.3) is 0 Å². The number of aliphatic carboxylic acids is 3. The van der Waals surface area contributed by atoms with Crippen molar-refractivity contribution in [2.24, 2.45) is 5.92 Å². The standard InChI is InChI=1S/C25H30O11/c1-14(18(34-16(3)26)15(2)13-17-7-5-4-6-8-17)9-10-23-11-12-24(36-23,21(29)30)25(33,22(31)32)19(35-23)20(27)28/h4-8,15,18-19,33H,1,9-13H2,2-3H3,(H,27,28)(H,29,30)(H,31,32)/t15-,18-,19-,23+,24+,25-/m1/s1. The fourth-order valence-electron chi connectivity index (χ4n) is 5.08. The summed E-state index contributed by atoms with van der Waals surface area (Å²) in [6, 6.07) is 9.54. The Kier molecular flexibility index (Phi) is 7.58. The molecule has 11 nitrogen and oxygen atoms in total. The number of rotatable bonds is 11. The van der Waals surface area contributed by atoms with Crippen molar-refractivity contribution in [3.8, 4) is 0 Å². The number of esters is 1. The second kappa shape index (κ2) is 10.00. The summed E-state index contributed by atoms with van der Waals surface area (Å²) in [4.78, 5) is 47.6. The number of benzene rings is 1. The summed E-state index contributed by atoms with van der Waals surface area (Å²) in [5.41, 5.74) is -4.59. The van der Waals surface area contributed by atoms with Crippen LogP contribution in [-0.4, -0.2) is 73.5 Å². The number of hydrogen-bond donors (Lipinski definition) is 4. The van der Waals surface area contributed by atoms with Gasteiger partial charge in [-0.1, -0.05) is 43.8 Å². The van der Waals surface area contributed by atoms with E-state index < -0.39 is 59.5 Å². The van der Waals surface area contributed by atoms with Crippen LogP contribution in [0.1, 0.15) is 45.1 Å². The lowest BCUT2D eigenvalue weighted by Crippen LogP contribution is -2.75. The quantitative estimate of drug-likeness (QED) is 0.254. The zero-order chi connectivity index (χ0) is 26.9. The van der Waals surface area contributed by atoms with E-state index in [1.165, 1.54) is 6.92 Å². The molecule has 1 aromatic rings. The van der Waals surface area contributed by atoms with Gasteiger partial charge in [-0.3, -0.25) is 4.79 Å². The Balaban J connectivity index is 1.83. The van der Waals surface area contributed by atoms with E-state index in [1.54, 1.807) is 0 Å². The summed E-state index contributed by atoms with van der Waals surface area (Å²) in [6.45, 7) is 7.19. The highest BCUT2D eigenvalue weighted by molar-refractivity contribution is 5.97. The maximum atomic E-state index is 12.1. The maximum Gasteiger partial charge on any atom is 0.342 e. The van der Waals surface area contributed by atoms with Gasteiger partial charge in [-0.25, -0.2) is 14.4 Å². The highest BCUT2D eigenvalue weighted by Gasteiger charge is 2.78. The van der Waals surface area contributed by atoms with Crippen LogP contribution in [0.15, 0.2) is 42.5 Å². The Labute approximate surface area is 207 Å². The number of carbonyl (C=O) groups excluding carboxylic acids is 1. The Morgan fingerprint density at radius 1 is 1.11 bits per heavy atom. The molecule has 0 aliphatic carbocycles. The Hall–Kier alpha value is -3.28. The predicted octanol–water partition coefficient (Wildman–Crippen LogP) is 1.76. The van der Waals surface area contributed by atoms with Crippen LogP contribution in [0.3, 0.4) is 0 Å². The van der Waals surface area contributed by atoms with Crippen molar-refractivity contribution >= 4 is 23.9 Å². The van der Waals surface area contributed by atoms with Gasteiger partial charge in [-0.05, 0) is 30.4 Å². The summed E-state index contributed by atoms with van der Waals surface area (Å²) in [6.07, 6.45) is -3.20. The number of ether oxygens (including phenoxy) is 3. The van der Waals surface area contributed by atoms with Crippen molar-refractivity contribution in [2.75, 3.05) is 0 Å². The zero-order valence-electron chi connectivity index (χ0n) is 20.0. The van der Waals surface area contributed by atoms with E-state index in [4.69, 9.17) is 14.2 Å². The Morgan fingerprint density at radius 3 is 2.28 bits per heavy atom. The molecule has 2 bridgehead atoms. The van der Waals surface area contributed by atoms with Gasteiger partial charge < -0.3 is 34.6 Å². The first kappa shape index (κ1) is 27.3. The van der Waals surface area contributed by atoms with Gasteiger partial charge in [0.2, 0.25) is 17.3 Å². The topological polar surface area (TPSA) is 177 Å². The third kappa shape index (κ3) is 4.73. The summed E-state index contributed by atoms with van der Waals surface area (Å²) in [5, 5.41) is 39.8. The van der Waals surface area contributed by atoms with Gasteiger partial charge in [0.1, 0.15) is 6.10 Å². The number of aliphatic hydroxyl groups is 1. The molecule has 2 aliphatic rings. The van der Waals surface area contributed by atoms with Gasteiger partial charge in [0, 0.05) is 25.7 Å². The average Bonchev–Trinajstić information content (AvgIpc) is 3.16. The van der Waals surface area contributed by atoms with E-state index in [-0.39, 0.29) is 25.2 Å². The molecule has 11 heteroatoms. The summed E-state index contributed by atoms with van der Waals surface area (Å²) >= 11 is 0. The molecule has 2 saturated heterocycles. The minimum Gasteiger partial charge on any atom is -0.479 e.